The van der Waals surface area contributed by atoms with Crippen molar-refractivity contribution in [1.29, 1.82) is 0 Å². The first-order valence-electron chi connectivity index (χ1n) is 7.46. The van der Waals surface area contributed by atoms with Crippen LogP contribution in [-0.2, 0) is 6.42 Å². The lowest BCUT2D eigenvalue weighted by Crippen LogP contribution is -2.28. The van der Waals surface area contributed by atoms with Crippen molar-refractivity contribution in [1.82, 2.24) is 0 Å². The molecule has 2 atom stereocenters. The van der Waals surface area contributed by atoms with Crippen molar-refractivity contribution >= 4 is 21.6 Å². The number of hydrogen-bond acceptors (Lipinski definition) is 2. The van der Waals surface area contributed by atoms with Crippen LogP contribution in [0.1, 0.15) is 45.1 Å². The molecule has 0 amide bonds. The van der Waals surface area contributed by atoms with E-state index in [1.54, 1.807) is 0 Å². The van der Waals surface area contributed by atoms with Gasteiger partial charge in [-0.3, -0.25) is 0 Å². The van der Waals surface area contributed by atoms with Gasteiger partial charge in [0.15, 0.2) is 0 Å². The molecule has 1 aliphatic heterocycles. The summed E-state index contributed by atoms with van der Waals surface area (Å²) in [6.45, 7) is 5.62. The molecule has 1 saturated heterocycles. The van der Waals surface area contributed by atoms with Crippen LogP contribution in [0.15, 0.2) is 22.7 Å². The van der Waals surface area contributed by atoms with Gasteiger partial charge in [0.25, 0.3) is 0 Å². The van der Waals surface area contributed by atoms with Gasteiger partial charge in [-0.25, -0.2) is 0 Å². The second kappa shape index (κ2) is 6.76. The van der Waals surface area contributed by atoms with Gasteiger partial charge in [-0.1, -0.05) is 35.8 Å². The fraction of sp³-hybridized carbons (Fsp3) is 0.625. The van der Waals surface area contributed by atoms with Crippen LogP contribution >= 0.6 is 15.9 Å². The minimum absolute atomic E-state index is 0.261. The van der Waals surface area contributed by atoms with Crippen molar-refractivity contribution in [3.05, 3.63) is 28.2 Å². The van der Waals surface area contributed by atoms with Gasteiger partial charge in [0.05, 0.1) is 0 Å². The van der Waals surface area contributed by atoms with Gasteiger partial charge >= 0.3 is 0 Å². The van der Waals surface area contributed by atoms with Crippen molar-refractivity contribution in [2.45, 2.75) is 58.0 Å². The van der Waals surface area contributed by atoms with Gasteiger partial charge < -0.3 is 10.6 Å². The van der Waals surface area contributed by atoms with Crippen molar-refractivity contribution in [3.63, 3.8) is 0 Å². The summed E-state index contributed by atoms with van der Waals surface area (Å²) in [7, 11) is 0. The summed E-state index contributed by atoms with van der Waals surface area (Å²) in [6.07, 6.45) is 5.86. The third-order valence-corrected chi connectivity index (χ3v) is 4.96. The van der Waals surface area contributed by atoms with E-state index in [1.807, 2.05) is 0 Å². The quantitative estimate of drug-likeness (QED) is 0.883. The van der Waals surface area contributed by atoms with E-state index in [9.17, 15) is 0 Å². The van der Waals surface area contributed by atoms with E-state index in [0.29, 0.717) is 0 Å². The average Bonchev–Trinajstić information content (AvgIpc) is 2.89. The van der Waals surface area contributed by atoms with E-state index in [0.717, 1.165) is 18.9 Å². The first-order valence-corrected chi connectivity index (χ1v) is 8.25. The van der Waals surface area contributed by atoms with Gasteiger partial charge in [0, 0.05) is 28.8 Å². The Labute approximate surface area is 125 Å². The summed E-state index contributed by atoms with van der Waals surface area (Å²) >= 11 is 3.71. The lowest BCUT2D eigenvalue weighted by molar-refractivity contribution is 0.641. The Kier molecular flexibility index (Phi) is 5.28. The molecular formula is C16H25BrN2. The average molecular weight is 325 g/mol. The maximum atomic E-state index is 6.05. The lowest BCUT2D eigenvalue weighted by atomic mass is 10.0. The first-order chi connectivity index (χ1) is 9.15. The smallest absolute Gasteiger partial charge is 0.0380 e. The van der Waals surface area contributed by atoms with Crippen molar-refractivity contribution < 1.29 is 0 Å². The van der Waals surface area contributed by atoms with Crippen molar-refractivity contribution in [3.8, 4) is 0 Å². The minimum atomic E-state index is 0.261. The molecule has 0 saturated carbocycles. The first kappa shape index (κ1) is 14.9. The van der Waals surface area contributed by atoms with E-state index in [2.05, 4.69) is 52.9 Å². The zero-order valence-corrected chi connectivity index (χ0v) is 13.6. The molecule has 1 aromatic carbocycles. The second-order valence-corrected chi connectivity index (χ2v) is 6.40. The highest BCUT2D eigenvalue weighted by atomic mass is 79.9. The molecule has 106 valence electrons. The largest absolute Gasteiger partial charge is 0.369 e. The van der Waals surface area contributed by atoms with Crippen molar-refractivity contribution in [2.75, 3.05) is 11.4 Å². The number of anilines is 1. The summed E-state index contributed by atoms with van der Waals surface area (Å²) in [5.74, 6) is 0. The third kappa shape index (κ3) is 3.51. The second-order valence-electron chi connectivity index (χ2n) is 5.55. The van der Waals surface area contributed by atoms with Gasteiger partial charge in [0.1, 0.15) is 0 Å². The number of halogens is 1. The zero-order chi connectivity index (χ0) is 13.8. The van der Waals surface area contributed by atoms with E-state index < -0.39 is 0 Å². The third-order valence-electron chi connectivity index (χ3n) is 4.22. The fourth-order valence-electron chi connectivity index (χ4n) is 2.91. The molecular weight excluding hydrogens is 300 g/mol. The molecule has 2 rings (SSSR count). The van der Waals surface area contributed by atoms with Crippen LogP contribution in [0.4, 0.5) is 5.69 Å². The molecule has 2 unspecified atom stereocenters. The molecule has 1 fully saturated rings. The molecule has 0 bridgehead atoms. The Morgan fingerprint density at radius 2 is 2.21 bits per heavy atom. The van der Waals surface area contributed by atoms with Crippen LogP contribution in [0.3, 0.4) is 0 Å². The predicted octanol–water partition coefficient (Wildman–Crippen LogP) is 4.11. The number of nitrogens with two attached hydrogens (primary N) is 1. The van der Waals surface area contributed by atoms with E-state index in [-0.39, 0.29) is 6.04 Å². The number of nitrogens with zero attached hydrogens (tertiary/aromatic N) is 1. The highest BCUT2D eigenvalue weighted by molar-refractivity contribution is 9.10. The van der Waals surface area contributed by atoms with Crippen LogP contribution in [-0.4, -0.2) is 18.6 Å². The minimum Gasteiger partial charge on any atom is -0.369 e. The molecule has 2 nitrogen and oxygen atoms in total. The Morgan fingerprint density at radius 1 is 1.42 bits per heavy atom. The summed E-state index contributed by atoms with van der Waals surface area (Å²) in [4.78, 5) is 2.55. The molecule has 0 spiro atoms. The van der Waals surface area contributed by atoms with E-state index in [4.69, 9.17) is 5.73 Å². The molecule has 0 aliphatic carbocycles. The highest BCUT2D eigenvalue weighted by Crippen LogP contribution is 2.31. The van der Waals surface area contributed by atoms with Crippen LogP contribution < -0.4 is 10.6 Å². The zero-order valence-electron chi connectivity index (χ0n) is 12.0. The van der Waals surface area contributed by atoms with Crippen LogP contribution in [0.2, 0.25) is 0 Å². The molecule has 3 heteroatoms. The number of benzene rings is 1. The molecule has 2 N–H and O–H groups in total. The monoisotopic (exact) mass is 324 g/mol. The van der Waals surface area contributed by atoms with Crippen LogP contribution in [0.5, 0.6) is 0 Å². The van der Waals surface area contributed by atoms with Crippen LogP contribution in [0, 0.1) is 0 Å². The number of hydrogen-bond donors (Lipinski definition) is 1. The Morgan fingerprint density at radius 3 is 2.84 bits per heavy atom. The SMILES string of the molecule is CCC(N)Cc1ccc(N2CCCC2CC)cc1Br. The maximum Gasteiger partial charge on any atom is 0.0380 e. The fourth-order valence-corrected chi connectivity index (χ4v) is 3.44. The lowest BCUT2D eigenvalue weighted by Gasteiger charge is -2.26. The number of rotatable bonds is 5. The summed E-state index contributed by atoms with van der Waals surface area (Å²) in [6, 6.07) is 7.75. The molecule has 19 heavy (non-hydrogen) atoms. The van der Waals surface area contributed by atoms with Gasteiger partial charge in [0.2, 0.25) is 0 Å². The topological polar surface area (TPSA) is 29.3 Å². The normalized spacial score (nSPS) is 20.8. The Hall–Kier alpha value is -0.540. The Balaban J connectivity index is 2.14. The highest BCUT2D eigenvalue weighted by Gasteiger charge is 2.23. The summed E-state index contributed by atoms with van der Waals surface area (Å²) in [5.41, 5.74) is 8.72. The van der Waals surface area contributed by atoms with E-state index >= 15 is 0 Å². The Bertz CT molecular complexity index is 419. The summed E-state index contributed by atoms with van der Waals surface area (Å²) < 4.78 is 1.20. The van der Waals surface area contributed by atoms with Crippen molar-refractivity contribution in [2.24, 2.45) is 5.73 Å². The molecule has 1 heterocycles. The van der Waals surface area contributed by atoms with Gasteiger partial charge in [-0.15, -0.1) is 0 Å². The summed E-state index contributed by atoms with van der Waals surface area (Å²) in [5, 5.41) is 0. The molecule has 1 aromatic rings. The van der Waals surface area contributed by atoms with Gasteiger partial charge in [-0.05, 0) is 49.8 Å². The molecule has 0 radical (unpaired) electrons. The van der Waals surface area contributed by atoms with Crippen LogP contribution in [0.25, 0.3) is 0 Å². The molecule has 0 aromatic heterocycles. The predicted molar refractivity (Wildman–Crippen MR) is 86.8 cm³/mol. The van der Waals surface area contributed by atoms with Gasteiger partial charge in [-0.2, -0.15) is 0 Å². The standard InChI is InChI=1S/C16H25BrN2/c1-3-13(18)10-12-7-8-15(11-16(12)17)19-9-5-6-14(19)4-2/h7-8,11,13-14H,3-6,9-10,18H2,1-2H3. The van der Waals surface area contributed by atoms with E-state index in [1.165, 1.54) is 41.5 Å². The maximum absolute atomic E-state index is 6.05. The molecule has 1 aliphatic rings.